The molecule has 1 fully saturated rings. The second-order valence-electron chi connectivity index (χ2n) is 5.38. The molecule has 5 nitrogen and oxygen atoms in total. The van der Waals surface area contributed by atoms with Crippen molar-refractivity contribution in [2.24, 2.45) is 5.41 Å². The van der Waals surface area contributed by atoms with Crippen LogP contribution in [0.3, 0.4) is 0 Å². The van der Waals surface area contributed by atoms with Gasteiger partial charge in [-0.2, -0.15) is 0 Å². The minimum absolute atomic E-state index is 0.0791. The molecule has 0 aromatic heterocycles. The SMILES string of the molecule is CC(C)(C)CC1OC(O)C(SO)C(O)C1O. The van der Waals surface area contributed by atoms with Gasteiger partial charge in [0.15, 0.2) is 6.29 Å². The molecule has 1 aliphatic heterocycles. The Morgan fingerprint density at radius 3 is 2.12 bits per heavy atom. The number of ether oxygens (including phenoxy) is 1. The Morgan fingerprint density at radius 2 is 1.69 bits per heavy atom. The predicted octanol–water partition coefficient (Wildman–Crippen LogP) is 0.436. The normalized spacial score (nSPS) is 41.1. The zero-order valence-electron chi connectivity index (χ0n) is 9.70. The third-order valence-electron chi connectivity index (χ3n) is 2.60. The summed E-state index contributed by atoms with van der Waals surface area (Å²) >= 11 is 0.301. The highest BCUT2D eigenvalue weighted by atomic mass is 32.2. The predicted molar refractivity (Wildman–Crippen MR) is 61.0 cm³/mol. The first-order valence-corrected chi connectivity index (χ1v) is 6.10. The lowest BCUT2D eigenvalue weighted by atomic mass is 9.85. The molecule has 0 aromatic rings. The maximum absolute atomic E-state index is 9.81. The summed E-state index contributed by atoms with van der Waals surface area (Å²) in [5.74, 6) is 0. The number of hydrogen-bond acceptors (Lipinski definition) is 6. The summed E-state index contributed by atoms with van der Waals surface area (Å²) in [5, 5.41) is 28.1. The van der Waals surface area contributed by atoms with Crippen LogP contribution >= 0.6 is 12.0 Å². The van der Waals surface area contributed by atoms with Crippen LogP contribution in [-0.2, 0) is 4.74 Å². The van der Waals surface area contributed by atoms with Gasteiger partial charge in [0.2, 0.25) is 0 Å². The molecule has 1 saturated heterocycles. The molecular weight excluding hydrogens is 232 g/mol. The van der Waals surface area contributed by atoms with Crippen LogP contribution in [0.25, 0.3) is 0 Å². The minimum Gasteiger partial charge on any atom is -0.389 e. The molecule has 0 radical (unpaired) electrons. The molecule has 5 unspecified atom stereocenters. The van der Waals surface area contributed by atoms with Crippen molar-refractivity contribution in [3.05, 3.63) is 0 Å². The van der Waals surface area contributed by atoms with Gasteiger partial charge in [0.25, 0.3) is 0 Å². The van der Waals surface area contributed by atoms with E-state index in [1.807, 2.05) is 20.8 Å². The van der Waals surface area contributed by atoms with Crippen LogP contribution in [0.1, 0.15) is 27.2 Å². The fraction of sp³-hybridized carbons (Fsp3) is 1.00. The Morgan fingerprint density at radius 1 is 1.12 bits per heavy atom. The summed E-state index contributed by atoms with van der Waals surface area (Å²) in [6.07, 6.45) is -3.64. The summed E-state index contributed by atoms with van der Waals surface area (Å²) in [4.78, 5) is 0. The number of aliphatic hydroxyl groups excluding tert-OH is 3. The lowest BCUT2D eigenvalue weighted by molar-refractivity contribution is -0.233. The van der Waals surface area contributed by atoms with Gasteiger partial charge < -0.3 is 24.6 Å². The molecule has 0 aliphatic carbocycles. The van der Waals surface area contributed by atoms with Gasteiger partial charge in [-0.3, -0.25) is 0 Å². The van der Waals surface area contributed by atoms with E-state index in [2.05, 4.69) is 0 Å². The van der Waals surface area contributed by atoms with Crippen LogP contribution in [0.4, 0.5) is 0 Å². The van der Waals surface area contributed by atoms with E-state index in [9.17, 15) is 15.3 Å². The third kappa shape index (κ3) is 3.32. The number of hydrogen-bond donors (Lipinski definition) is 4. The molecule has 4 N–H and O–H groups in total. The van der Waals surface area contributed by atoms with Crippen molar-refractivity contribution >= 4 is 12.0 Å². The maximum atomic E-state index is 9.81. The Kier molecular flexibility index (Phi) is 4.62. The molecule has 5 atom stereocenters. The smallest absolute Gasteiger partial charge is 0.171 e. The van der Waals surface area contributed by atoms with Gasteiger partial charge >= 0.3 is 0 Å². The second-order valence-corrected chi connectivity index (χ2v) is 6.14. The average Bonchev–Trinajstić information content (AvgIpc) is 2.12. The Hall–Kier alpha value is 0.150. The van der Waals surface area contributed by atoms with Crippen molar-refractivity contribution in [2.75, 3.05) is 0 Å². The van der Waals surface area contributed by atoms with E-state index in [0.29, 0.717) is 18.5 Å². The van der Waals surface area contributed by atoms with Gasteiger partial charge in [-0.1, -0.05) is 20.8 Å². The zero-order chi connectivity index (χ0) is 12.5. The van der Waals surface area contributed by atoms with Gasteiger partial charge in [-0.15, -0.1) is 0 Å². The van der Waals surface area contributed by atoms with Crippen LogP contribution in [0.2, 0.25) is 0 Å². The zero-order valence-corrected chi connectivity index (χ0v) is 10.5. The van der Waals surface area contributed by atoms with Gasteiger partial charge in [-0.25, -0.2) is 0 Å². The monoisotopic (exact) mass is 252 g/mol. The Bertz CT molecular complexity index is 230. The largest absolute Gasteiger partial charge is 0.389 e. The molecule has 0 amide bonds. The minimum atomic E-state index is -1.26. The first-order valence-electron chi connectivity index (χ1n) is 5.26. The van der Waals surface area contributed by atoms with Crippen LogP contribution < -0.4 is 0 Å². The van der Waals surface area contributed by atoms with Crippen molar-refractivity contribution in [1.82, 2.24) is 0 Å². The number of rotatable bonds is 2. The van der Waals surface area contributed by atoms with Crippen molar-refractivity contribution in [3.63, 3.8) is 0 Å². The first kappa shape index (κ1) is 14.2. The van der Waals surface area contributed by atoms with E-state index in [4.69, 9.17) is 9.29 Å². The van der Waals surface area contributed by atoms with Gasteiger partial charge in [-0.05, 0) is 23.9 Å². The molecule has 0 spiro atoms. The highest BCUT2D eigenvalue weighted by Crippen LogP contribution is 2.33. The highest BCUT2D eigenvalue weighted by Gasteiger charge is 2.45. The summed E-state index contributed by atoms with van der Waals surface area (Å²) < 4.78 is 14.1. The molecule has 1 heterocycles. The van der Waals surface area contributed by atoms with Gasteiger partial charge in [0.05, 0.1) is 6.10 Å². The molecule has 16 heavy (non-hydrogen) atoms. The fourth-order valence-corrected chi connectivity index (χ4v) is 2.26. The third-order valence-corrected chi connectivity index (χ3v) is 3.35. The molecule has 6 heteroatoms. The summed E-state index contributed by atoms with van der Waals surface area (Å²) in [5.41, 5.74) is -0.0791. The van der Waals surface area contributed by atoms with Crippen LogP contribution in [0.15, 0.2) is 0 Å². The molecule has 96 valence electrons. The molecule has 0 aromatic carbocycles. The van der Waals surface area contributed by atoms with E-state index in [0.717, 1.165) is 0 Å². The molecule has 1 rings (SSSR count). The van der Waals surface area contributed by atoms with E-state index >= 15 is 0 Å². The quantitative estimate of drug-likeness (QED) is 0.533. The van der Waals surface area contributed by atoms with Crippen molar-refractivity contribution < 1.29 is 24.6 Å². The average molecular weight is 252 g/mol. The van der Waals surface area contributed by atoms with Crippen molar-refractivity contribution in [2.45, 2.75) is 57.0 Å². The first-order chi connectivity index (χ1) is 7.26. The van der Waals surface area contributed by atoms with Crippen molar-refractivity contribution in [1.29, 1.82) is 0 Å². The van der Waals surface area contributed by atoms with Gasteiger partial charge in [0.1, 0.15) is 17.5 Å². The van der Waals surface area contributed by atoms with E-state index < -0.39 is 29.9 Å². The fourth-order valence-electron chi connectivity index (χ4n) is 1.81. The molecular formula is C10H20O5S. The van der Waals surface area contributed by atoms with Crippen LogP contribution in [0.5, 0.6) is 0 Å². The molecule has 1 aliphatic rings. The summed E-state index contributed by atoms with van der Waals surface area (Å²) in [6.45, 7) is 5.94. The van der Waals surface area contributed by atoms with E-state index in [1.165, 1.54) is 0 Å². The number of aliphatic hydroxyl groups is 3. The van der Waals surface area contributed by atoms with E-state index in [-0.39, 0.29) is 5.41 Å². The summed E-state index contributed by atoms with van der Waals surface area (Å²) in [6, 6.07) is 0. The molecule has 0 bridgehead atoms. The van der Waals surface area contributed by atoms with E-state index in [1.54, 1.807) is 0 Å². The highest BCUT2D eigenvalue weighted by molar-refractivity contribution is 7.94. The summed E-state index contributed by atoms with van der Waals surface area (Å²) in [7, 11) is 0. The standard InChI is InChI=1S/C10H20O5S/c1-10(2,3)4-5-6(11)7(12)8(16-14)9(13)15-5/h5-9,11-14H,4H2,1-3H3. The topological polar surface area (TPSA) is 90.2 Å². The van der Waals surface area contributed by atoms with Crippen molar-refractivity contribution in [3.8, 4) is 0 Å². The lowest BCUT2D eigenvalue weighted by Crippen LogP contribution is -2.56. The Labute approximate surface area is 99.6 Å². The van der Waals surface area contributed by atoms with Crippen LogP contribution in [0, 0.1) is 5.41 Å². The maximum Gasteiger partial charge on any atom is 0.171 e. The van der Waals surface area contributed by atoms with Gasteiger partial charge in [0, 0.05) is 0 Å². The lowest BCUT2D eigenvalue weighted by Gasteiger charge is -2.41. The van der Waals surface area contributed by atoms with Crippen LogP contribution in [-0.4, -0.2) is 49.7 Å². The Balaban J connectivity index is 2.69. The second kappa shape index (κ2) is 5.20. The molecule has 0 saturated carbocycles.